The molecule has 7 rings (SSSR count). The number of hydrogen-bond acceptors (Lipinski definition) is 16. The van der Waals surface area contributed by atoms with Crippen molar-refractivity contribution in [3.05, 3.63) is 108 Å². The van der Waals surface area contributed by atoms with E-state index >= 15 is 4.79 Å². The van der Waals surface area contributed by atoms with Crippen LogP contribution in [0.15, 0.2) is 91.0 Å². The van der Waals surface area contributed by atoms with Crippen molar-refractivity contribution in [1.29, 1.82) is 0 Å². The summed E-state index contributed by atoms with van der Waals surface area (Å²) in [5.41, 5.74) is -5.64. The van der Waals surface area contributed by atoms with Crippen molar-refractivity contribution in [3.63, 3.8) is 0 Å². The average molecular weight is 914 g/mol. The molecule has 3 aromatic rings. The van der Waals surface area contributed by atoms with Crippen molar-refractivity contribution >= 4 is 47.5 Å². The summed E-state index contributed by atoms with van der Waals surface area (Å²) >= 11 is 0. The Morgan fingerprint density at radius 3 is 2.00 bits per heavy atom. The molecule has 0 radical (unpaired) electrons. The first kappa shape index (κ1) is 47.5. The lowest BCUT2D eigenvalue weighted by molar-refractivity contribution is -0.344. The number of hydrogen-bond donors (Lipinski definition) is 4. The second-order valence-corrected chi connectivity index (χ2v) is 17.5. The molecule has 1 aliphatic heterocycles. The summed E-state index contributed by atoms with van der Waals surface area (Å²) in [6.07, 6.45) is -12.3. The van der Waals surface area contributed by atoms with Gasteiger partial charge in [0, 0.05) is 38.2 Å². The van der Waals surface area contributed by atoms with Crippen molar-refractivity contribution in [1.82, 2.24) is 5.32 Å². The van der Waals surface area contributed by atoms with Gasteiger partial charge in [-0.3, -0.25) is 28.8 Å². The molecule has 4 N–H and O–H groups in total. The maximum atomic E-state index is 15.3. The highest BCUT2D eigenvalue weighted by molar-refractivity contribution is 5.95. The van der Waals surface area contributed by atoms with E-state index in [0.717, 1.165) is 13.8 Å². The molecule has 4 unspecified atom stereocenters. The minimum Gasteiger partial charge on any atom is -0.481 e. The number of nitrogens with one attached hydrogen (secondary N) is 1. The van der Waals surface area contributed by atoms with Crippen LogP contribution in [0.25, 0.3) is 0 Å². The van der Waals surface area contributed by atoms with Crippen molar-refractivity contribution in [2.45, 2.75) is 113 Å². The zero-order valence-corrected chi connectivity index (χ0v) is 36.4. The second kappa shape index (κ2) is 19.1. The zero-order valence-electron chi connectivity index (χ0n) is 36.4. The van der Waals surface area contributed by atoms with E-state index in [1.54, 1.807) is 66.7 Å². The second-order valence-electron chi connectivity index (χ2n) is 17.5. The molecule has 0 spiro atoms. The first-order valence-corrected chi connectivity index (χ1v) is 21.6. The van der Waals surface area contributed by atoms with E-state index in [-0.39, 0.29) is 36.1 Å². The lowest BCUT2D eigenvalue weighted by atomic mass is 9.47. The third-order valence-corrected chi connectivity index (χ3v) is 13.1. The van der Waals surface area contributed by atoms with Crippen LogP contribution in [-0.2, 0) is 57.2 Å². The molecule has 2 bridgehead atoms. The third-order valence-electron chi connectivity index (χ3n) is 13.1. The van der Waals surface area contributed by atoms with Crippen LogP contribution in [0.3, 0.4) is 0 Å². The Kier molecular flexibility index (Phi) is 13.8. The minimum absolute atomic E-state index is 0.0423. The summed E-state index contributed by atoms with van der Waals surface area (Å²) in [5, 5.41) is 37.3. The van der Waals surface area contributed by atoms with Crippen molar-refractivity contribution in [2.24, 2.45) is 17.3 Å². The summed E-state index contributed by atoms with van der Waals surface area (Å²) in [4.78, 5) is 108. The maximum absolute atomic E-state index is 15.3. The summed E-state index contributed by atoms with van der Waals surface area (Å²) < 4.78 is 35.6. The number of carbonyl (C=O) groups is 8. The molecule has 350 valence electrons. The molecule has 18 nitrogen and oxygen atoms in total. The molecule has 66 heavy (non-hydrogen) atoms. The lowest BCUT2D eigenvalue weighted by Gasteiger charge is -2.65. The average Bonchev–Trinajstić information content (AvgIpc) is 3.28. The number of benzene rings is 3. The van der Waals surface area contributed by atoms with Gasteiger partial charge in [-0.15, -0.1) is 0 Å². The zero-order chi connectivity index (χ0) is 47.6. The molecular formula is C48H51NO17. The molecule has 4 fully saturated rings. The van der Waals surface area contributed by atoms with E-state index in [4.69, 9.17) is 28.4 Å². The number of carboxylic acid groups (broad SMARTS) is 1. The largest absolute Gasteiger partial charge is 0.481 e. The predicted octanol–water partition coefficient (Wildman–Crippen LogP) is 3.21. The predicted molar refractivity (Wildman–Crippen MR) is 225 cm³/mol. The summed E-state index contributed by atoms with van der Waals surface area (Å²) in [5.74, 6) is -10.6. The number of Topliss-reactive ketones (excluding diaryl/α,β-unsaturated/α-hetero) is 1. The van der Waals surface area contributed by atoms with Crippen LogP contribution in [0.1, 0.15) is 91.6 Å². The van der Waals surface area contributed by atoms with E-state index < -0.39 is 144 Å². The number of carbonyl (C=O) groups excluding carboxylic acids is 7. The molecule has 1 amide bonds. The Bertz CT molecular complexity index is 2340. The molecule has 0 aromatic heterocycles. The van der Waals surface area contributed by atoms with Gasteiger partial charge in [0.1, 0.15) is 30.0 Å². The number of amides is 1. The van der Waals surface area contributed by atoms with Crippen LogP contribution in [0, 0.1) is 17.3 Å². The molecule has 1 saturated heterocycles. The Morgan fingerprint density at radius 2 is 1.42 bits per heavy atom. The number of aliphatic carboxylic acids is 1. The number of esters is 5. The van der Waals surface area contributed by atoms with Crippen LogP contribution < -0.4 is 5.32 Å². The lowest BCUT2D eigenvalue weighted by Crippen LogP contribution is -2.80. The van der Waals surface area contributed by atoms with E-state index in [1.807, 2.05) is 0 Å². The summed E-state index contributed by atoms with van der Waals surface area (Å²) in [6, 6.07) is 22.2. The monoisotopic (exact) mass is 913 g/mol. The van der Waals surface area contributed by atoms with E-state index in [0.29, 0.717) is 0 Å². The summed E-state index contributed by atoms with van der Waals surface area (Å²) in [6.45, 7) is 3.23. The molecule has 3 aliphatic carbocycles. The van der Waals surface area contributed by atoms with E-state index in [2.05, 4.69) is 5.32 Å². The first-order chi connectivity index (χ1) is 31.4. The highest BCUT2D eigenvalue weighted by Crippen LogP contribution is 2.61. The van der Waals surface area contributed by atoms with Gasteiger partial charge in [-0.05, 0) is 49.6 Å². The number of rotatable bonds is 14. The molecule has 3 saturated carbocycles. The van der Waals surface area contributed by atoms with Crippen LogP contribution in [0.2, 0.25) is 0 Å². The van der Waals surface area contributed by atoms with Crippen LogP contribution in [0.5, 0.6) is 0 Å². The number of aliphatic hydroxyl groups excluding tert-OH is 1. The number of carboxylic acids is 1. The molecule has 4 aliphatic rings. The van der Waals surface area contributed by atoms with Crippen molar-refractivity contribution in [2.75, 3.05) is 6.61 Å². The molecule has 3 aromatic carbocycles. The van der Waals surface area contributed by atoms with Gasteiger partial charge in [-0.1, -0.05) is 66.7 Å². The van der Waals surface area contributed by atoms with Gasteiger partial charge in [-0.25, -0.2) is 9.59 Å². The molecule has 1 heterocycles. The quantitative estimate of drug-likeness (QED) is 0.134. The fraction of sp³-hybridized carbons (Fsp3) is 0.458. The normalized spacial score (nSPS) is 30.7. The first-order valence-electron chi connectivity index (χ1n) is 21.6. The topological polar surface area (TPSA) is 265 Å². The number of fused-ring (bicyclic) bond motifs is 5. The van der Waals surface area contributed by atoms with Crippen molar-refractivity contribution < 1.29 is 82.1 Å². The van der Waals surface area contributed by atoms with Crippen LogP contribution >= 0.6 is 0 Å². The Hall–Kier alpha value is -6.50. The van der Waals surface area contributed by atoms with E-state index in [9.17, 15) is 48.9 Å². The van der Waals surface area contributed by atoms with Gasteiger partial charge in [-0.2, -0.15) is 0 Å². The van der Waals surface area contributed by atoms with Gasteiger partial charge in [0.15, 0.2) is 17.5 Å². The highest BCUT2D eigenvalue weighted by Gasteiger charge is 2.76. The van der Waals surface area contributed by atoms with Gasteiger partial charge in [0.05, 0.1) is 42.4 Å². The Labute approximate surface area is 378 Å². The Balaban J connectivity index is 1.33. The van der Waals surface area contributed by atoms with Crippen molar-refractivity contribution in [3.8, 4) is 0 Å². The highest BCUT2D eigenvalue weighted by atomic mass is 16.6. The van der Waals surface area contributed by atoms with Gasteiger partial charge in [0.2, 0.25) is 6.10 Å². The smallest absolute Gasteiger partial charge is 0.350 e. The molecule has 12 atom stereocenters. The van der Waals surface area contributed by atoms with Crippen LogP contribution in [-0.4, -0.2) is 117 Å². The number of aliphatic hydroxyl groups is 2. The SMILES string of the molecule is CC(=O)O[C@H]1C(=O)[C@@]2(C)C([C@@H](OC(=O)c3ccccc3)[C@]3(O)CC(OC(=O)[C@@H](OC(=O)CCC(=O)O)C(NC(=O)c4ccccc4)c4ccccc4)CC1C3)[C@]1(OC(C)=O)CO[C@@H]1C[C@@H]2O. The van der Waals surface area contributed by atoms with Gasteiger partial charge in [0.25, 0.3) is 5.91 Å². The standard InChI is InChI=1S/C48H51NO17/c1-26(50)62-38-31-21-32(63-45(59)39(64-36(55)20-19-35(53)54)37(28-13-7-4-8-14-28)49-43(57)29-15-9-5-10-16-29)24-47(60,23-31)42(65-44(58)30-17-11-6-12-18-30)40-46(3,41(38)56)33(52)22-34-48(40,25-61-34)66-27(2)51/h4-18,31-34,37-40,42,52,60H,19-25H2,1-3H3,(H,49,57)(H,53,54)/t31?,32?,33-,34+,37?,38+,39-,40?,42+,46+,47+,48-/m0/s1. The fourth-order valence-corrected chi connectivity index (χ4v) is 10.2. The van der Waals surface area contributed by atoms with Gasteiger partial charge >= 0.3 is 35.8 Å². The number of ether oxygens (including phenoxy) is 6. The van der Waals surface area contributed by atoms with E-state index in [1.165, 1.54) is 31.2 Å². The third kappa shape index (κ3) is 9.43. The molecular weight excluding hydrogens is 863 g/mol. The maximum Gasteiger partial charge on any atom is 0.350 e. The Morgan fingerprint density at radius 1 is 0.803 bits per heavy atom. The van der Waals surface area contributed by atoms with Crippen LogP contribution in [0.4, 0.5) is 0 Å². The fourth-order valence-electron chi connectivity index (χ4n) is 10.2. The summed E-state index contributed by atoms with van der Waals surface area (Å²) in [7, 11) is 0. The minimum atomic E-state index is -2.32. The number of ketones is 1. The molecule has 18 heteroatoms. The van der Waals surface area contributed by atoms with Gasteiger partial charge < -0.3 is 49.1 Å².